The number of fused-ring (bicyclic) bond motifs is 1. The number of amides is 3. The van der Waals surface area contributed by atoms with Gasteiger partial charge in [-0.25, -0.2) is 4.39 Å². The summed E-state index contributed by atoms with van der Waals surface area (Å²) in [5.41, 5.74) is 3.08. The molecule has 1 aromatic carbocycles. The maximum absolute atomic E-state index is 14.6. The maximum Gasteiger partial charge on any atom is 0.255 e. The molecule has 8 nitrogen and oxygen atoms in total. The minimum Gasteiger partial charge on any atom is -0.495 e. The molecule has 2 aromatic rings. The number of piperidine rings is 2. The van der Waals surface area contributed by atoms with Crippen LogP contribution in [0.3, 0.4) is 0 Å². The molecule has 5 rings (SSSR count). The highest BCUT2D eigenvalue weighted by atomic mass is 19.1. The lowest BCUT2D eigenvalue weighted by Crippen LogP contribution is -2.52. The van der Waals surface area contributed by atoms with Gasteiger partial charge in [-0.1, -0.05) is 0 Å². The monoisotopic (exact) mass is 466 g/mol. The van der Waals surface area contributed by atoms with Gasteiger partial charge in [0, 0.05) is 36.8 Å². The van der Waals surface area contributed by atoms with Gasteiger partial charge in [-0.05, 0) is 67.6 Å². The van der Waals surface area contributed by atoms with Crippen LogP contribution in [-0.4, -0.2) is 58.7 Å². The van der Waals surface area contributed by atoms with Crippen LogP contribution in [0.5, 0.6) is 5.75 Å². The minimum atomic E-state index is -0.703. The van der Waals surface area contributed by atoms with E-state index in [1.54, 1.807) is 25.6 Å². The van der Waals surface area contributed by atoms with Gasteiger partial charge in [0.2, 0.25) is 11.8 Å². The highest BCUT2D eigenvalue weighted by Gasteiger charge is 2.41. The summed E-state index contributed by atoms with van der Waals surface area (Å²) in [7, 11) is 1.64. The van der Waals surface area contributed by atoms with Gasteiger partial charge in [-0.3, -0.25) is 29.6 Å². The molecule has 1 unspecified atom stereocenters. The van der Waals surface area contributed by atoms with Crippen molar-refractivity contribution in [3.8, 4) is 5.75 Å². The van der Waals surface area contributed by atoms with Gasteiger partial charge in [0.05, 0.1) is 13.3 Å². The predicted molar refractivity (Wildman–Crippen MR) is 120 cm³/mol. The number of rotatable bonds is 5. The summed E-state index contributed by atoms with van der Waals surface area (Å²) in [5, 5.41) is 2.31. The number of pyridine rings is 1. The van der Waals surface area contributed by atoms with Gasteiger partial charge in [0.1, 0.15) is 17.6 Å². The van der Waals surface area contributed by atoms with E-state index >= 15 is 0 Å². The smallest absolute Gasteiger partial charge is 0.255 e. The zero-order chi connectivity index (χ0) is 23.8. The number of ether oxygens (including phenoxy) is 1. The molecule has 0 spiro atoms. The average molecular weight is 467 g/mol. The lowest BCUT2D eigenvalue weighted by Gasteiger charge is -2.33. The largest absolute Gasteiger partial charge is 0.495 e. The molecular formula is C25H27FN4O4. The Bertz CT molecular complexity index is 1150. The van der Waals surface area contributed by atoms with E-state index in [-0.39, 0.29) is 30.7 Å². The number of nitrogens with zero attached hydrogens (tertiary/aromatic N) is 3. The Hall–Kier alpha value is -3.33. The van der Waals surface area contributed by atoms with Crippen LogP contribution in [0.4, 0.5) is 4.39 Å². The van der Waals surface area contributed by atoms with Gasteiger partial charge < -0.3 is 9.64 Å². The summed E-state index contributed by atoms with van der Waals surface area (Å²) in [6, 6.07) is 4.08. The van der Waals surface area contributed by atoms with Crippen molar-refractivity contribution in [2.24, 2.45) is 0 Å². The van der Waals surface area contributed by atoms with Gasteiger partial charge in [0.15, 0.2) is 0 Å². The zero-order valence-electron chi connectivity index (χ0n) is 19.1. The maximum atomic E-state index is 14.6. The number of hydrogen-bond donors (Lipinski definition) is 1. The molecule has 178 valence electrons. The van der Waals surface area contributed by atoms with Crippen molar-refractivity contribution in [1.29, 1.82) is 0 Å². The normalized spacial score (nSPS) is 21.5. The molecule has 1 N–H and O–H groups in total. The van der Waals surface area contributed by atoms with Crippen LogP contribution < -0.4 is 10.1 Å². The fraction of sp³-hybridized carbons (Fsp3) is 0.440. The van der Waals surface area contributed by atoms with Crippen LogP contribution in [0.25, 0.3) is 0 Å². The highest BCUT2D eigenvalue weighted by Crippen LogP contribution is 2.38. The topological polar surface area (TPSA) is 91.8 Å². The Balaban J connectivity index is 1.31. The van der Waals surface area contributed by atoms with E-state index in [1.807, 2.05) is 6.07 Å². The van der Waals surface area contributed by atoms with E-state index in [1.165, 1.54) is 11.0 Å². The molecule has 0 saturated carbocycles. The minimum absolute atomic E-state index is 0.134. The number of methoxy groups -OCH3 is 1. The summed E-state index contributed by atoms with van der Waals surface area (Å²) in [6.45, 7) is 2.70. The van der Waals surface area contributed by atoms with Crippen LogP contribution in [0, 0.1) is 5.82 Å². The molecule has 9 heteroatoms. The molecule has 3 amide bonds. The number of carbonyl (C=O) groups excluding carboxylic acids is 3. The lowest BCUT2D eigenvalue weighted by atomic mass is 9.85. The van der Waals surface area contributed by atoms with Gasteiger partial charge in [-0.2, -0.15) is 0 Å². The van der Waals surface area contributed by atoms with Crippen molar-refractivity contribution in [2.45, 2.75) is 50.7 Å². The fourth-order valence-electron chi connectivity index (χ4n) is 5.38. The average Bonchev–Trinajstić information content (AvgIpc) is 3.15. The Kier molecular flexibility index (Phi) is 6.03. The zero-order valence-corrected chi connectivity index (χ0v) is 19.1. The Labute approximate surface area is 197 Å². The van der Waals surface area contributed by atoms with E-state index in [0.717, 1.165) is 54.9 Å². The van der Waals surface area contributed by atoms with Crippen molar-refractivity contribution < 1.29 is 23.5 Å². The van der Waals surface area contributed by atoms with Crippen LogP contribution in [0.1, 0.15) is 58.6 Å². The first-order chi connectivity index (χ1) is 16.4. The molecule has 2 fully saturated rings. The number of carbonyl (C=O) groups is 3. The Morgan fingerprint density at radius 3 is 2.71 bits per heavy atom. The number of halogens is 1. The summed E-state index contributed by atoms with van der Waals surface area (Å²) in [5.74, 6) is -0.662. The number of benzene rings is 1. The number of likely N-dealkylation sites (tertiary alicyclic amines) is 1. The van der Waals surface area contributed by atoms with Gasteiger partial charge >= 0.3 is 0 Å². The predicted octanol–water partition coefficient (Wildman–Crippen LogP) is 2.37. The van der Waals surface area contributed by atoms with Crippen molar-refractivity contribution in [3.05, 3.63) is 58.7 Å². The molecule has 3 aliphatic rings. The van der Waals surface area contributed by atoms with Gasteiger partial charge in [-0.15, -0.1) is 0 Å². The third-order valence-corrected chi connectivity index (χ3v) is 7.17. The molecule has 0 radical (unpaired) electrons. The molecule has 3 aliphatic heterocycles. The molecule has 1 aromatic heterocycles. The molecule has 1 atom stereocenters. The molecule has 34 heavy (non-hydrogen) atoms. The SMILES string of the molecule is COc1cnccc1CN1CCC(c2cc(F)cc3c2CN(C2CCC(=O)NC2=O)C3=O)CC1. The third-order valence-electron chi connectivity index (χ3n) is 7.17. The molecule has 2 saturated heterocycles. The first-order valence-electron chi connectivity index (χ1n) is 11.6. The molecule has 4 heterocycles. The summed E-state index contributed by atoms with van der Waals surface area (Å²) in [4.78, 5) is 44.9. The van der Waals surface area contributed by atoms with E-state index in [2.05, 4.69) is 15.2 Å². The van der Waals surface area contributed by atoms with Crippen LogP contribution in [-0.2, 0) is 22.7 Å². The fourth-order valence-corrected chi connectivity index (χ4v) is 5.38. The lowest BCUT2D eigenvalue weighted by molar-refractivity contribution is -0.136. The third kappa shape index (κ3) is 4.16. The van der Waals surface area contributed by atoms with Crippen molar-refractivity contribution in [1.82, 2.24) is 20.1 Å². The highest BCUT2D eigenvalue weighted by molar-refractivity contribution is 6.05. The van der Waals surface area contributed by atoms with Crippen molar-refractivity contribution >= 4 is 17.7 Å². The van der Waals surface area contributed by atoms with E-state index in [0.29, 0.717) is 12.0 Å². The second-order valence-electron chi connectivity index (χ2n) is 9.16. The standard InChI is InChI=1S/C25H27FN4O4/c1-34-22-12-27-7-4-16(22)13-29-8-5-15(6-9-29)18-10-17(26)11-19-20(18)14-30(25(19)33)21-2-3-23(31)28-24(21)32/h4,7,10-12,15,21H,2-3,5-6,8-9,13-14H2,1H3,(H,28,31,32). The van der Waals surface area contributed by atoms with Crippen LogP contribution >= 0.6 is 0 Å². The van der Waals surface area contributed by atoms with E-state index in [9.17, 15) is 18.8 Å². The van der Waals surface area contributed by atoms with Crippen LogP contribution in [0.2, 0.25) is 0 Å². The van der Waals surface area contributed by atoms with E-state index < -0.39 is 17.8 Å². The Morgan fingerprint density at radius 1 is 1.18 bits per heavy atom. The number of hydrogen-bond acceptors (Lipinski definition) is 6. The second kappa shape index (κ2) is 9.13. The first-order valence-corrected chi connectivity index (χ1v) is 11.6. The van der Waals surface area contributed by atoms with Crippen molar-refractivity contribution in [2.75, 3.05) is 20.2 Å². The summed E-state index contributed by atoms with van der Waals surface area (Å²) >= 11 is 0. The van der Waals surface area contributed by atoms with Crippen LogP contribution in [0.15, 0.2) is 30.6 Å². The van der Waals surface area contributed by atoms with Gasteiger partial charge in [0.25, 0.3) is 5.91 Å². The quantitative estimate of drug-likeness (QED) is 0.681. The number of aromatic nitrogens is 1. The number of nitrogens with one attached hydrogen (secondary N) is 1. The molecule has 0 bridgehead atoms. The number of imide groups is 1. The second-order valence-corrected chi connectivity index (χ2v) is 9.16. The van der Waals surface area contributed by atoms with E-state index in [4.69, 9.17) is 4.74 Å². The molecular weight excluding hydrogens is 439 g/mol. The Morgan fingerprint density at radius 2 is 1.97 bits per heavy atom. The molecule has 0 aliphatic carbocycles. The van der Waals surface area contributed by atoms with Crippen molar-refractivity contribution in [3.63, 3.8) is 0 Å². The summed E-state index contributed by atoms with van der Waals surface area (Å²) in [6.07, 6.45) is 5.64. The first kappa shape index (κ1) is 22.5. The summed E-state index contributed by atoms with van der Waals surface area (Å²) < 4.78 is 20.0.